The lowest BCUT2D eigenvalue weighted by Crippen LogP contribution is -2.25. The van der Waals surface area contributed by atoms with Gasteiger partial charge in [0.05, 0.1) is 22.5 Å². The van der Waals surface area contributed by atoms with Crippen LogP contribution in [-0.4, -0.2) is 28.4 Å². The molecule has 2 N–H and O–H groups in total. The van der Waals surface area contributed by atoms with Crippen LogP contribution in [0.2, 0.25) is 0 Å². The smallest absolute Gasteiger partial charge is 0.262 e. The molecule has 30 heavy (non-hydrogen) atoms. The number of hydrogen-bond acceptors (Lipinski definition) is 5. The second-order valence-electron chi connectivity index (χ2n) is 6.82. The quantitative estimate of drug-likeness (QED) is 0.548. The van der Waals surface area contributed by atoms with Gasteiger partial charge in [-0.1, -0.05) is 18.2 Å². The summed E-state index contributed by atoms with van der Waals surface area (Å²) in [5.74, 6) is 0.0646. The predicted molar refractivity (Wildman–Crippen MR) is 113 cm³/mol. The van der Waals surface area contributed by atoms with E-state index in [4.69, 9.17) is 4.74 Å². The highest BCUT2D eigenvalue weighted by atomic mass is 16.5. The molecule has 3 heterocycles. The van der Waals surface area contributed by atoms with Crippen molar-refractivity contribution in [3.63, 3.8) is 0 Å². The Kier molecular flexibility index (Phi) is 4.33. The standard InChI is InChI=1S/C23H16N4O3/c28-22-13-30-21-8-7-15(10-20(21)27-22)25-23(29)17-11-19(14-4-3-9-24-12-14)26-18-6-2-1-5-16(17)18/h1-12H,13H2,(H,25,29)(H,27,28). The molecule has 0 fully saturated rings. The maximum Gasteiger partial charge on any atom is 0.262 e. The Morgan fingerprint density at radius 2 is 1.97 bits per heavy atom. The zero-order valence-electron chi connectivity index (χ0n) is 15.8. The summed E-state index contributed by atoms with van der Waals surface area (Å²) in [6, 6.07) is 18.1. The van der Waals surface area contributed by atoms with Crippen molar-refractivity contribution in [1.29, 1.82) is 0 Å². The Morgan fingerprint density at radius 1 is 1.07 bits per heavy atom. The molecular formula is C23H16N4O3. The van der Waals surface area contributed by atoms with Crippen LogP contribution in [0.25, 0.3) is 22.2 Å². The fourth-order valence-electron chi connectivity index (χ4n) is 3.38. The average Bonchev–Trinajstić information content (AvgIpc) is 2.78. The third-order valence-corrected chi connectivity index (χ3v) is 4.79. The Bertz CT molecular complexity index is 1290. The van der Waals surface area contributed by atoms with E-state index in [2.05, 4.69) is 20.6 Å². The number of rotatable bonds is 3. The first-order chi connectivity index (χ1) is 14.7. The molecule has 0 saturated carbocycles. The number of pyridine rings is 2. The average molecular weight is 396 g/mol. The molecule has 1 aliphatic rings. The molecule has 0 radical (unpaired) electrons. The van der Waals surface area contributed by atoms with Gasteiger partial charge in [-0.05, 0) is 42.5 Å². The van der Waals surface area contributed by atoms with Gasteiger partial charge in [-0.15, -0.1) is 0 Å². The maximum absolute atomic E-state index is 13.2. The number of aromatic nitrogens is 2. The molecule has 2 amide bonds. The van der Waals surface area contributed by atoms with E-state index in [1.54, 1.807) is 36.7 Å². The molecule has 2 aromatic carbocycles. The molecule has 146 valence electrons. The summed E-state index contributed by atoms with van der Waals surface area (Å²) in [6.07, 6.45) is 3.40. The lowest BCUT2D eigenvalue weighted by atomic mass is 10.0. The summed E-state index contributed by atoms with van der Waals surface area (Å²) in [7, 11) is 0. The van der Waals surface area contributed by atoms with Crippen molar-refractivity contribution in [2.75, 3.05) is 17.2 Å². The van der Waals surface area contributed by atoms with Crippen LogP contribution in [0, 0.1) is 0 Å². The van der Waals surface area contributed by atoms with Crippen molar-refractivity contribution in [2.45, 2.75) is 0 Å². The van der Waals surface area contributed by atoms with E-state index < -0.39 is 0 Å². The van der Waals surface area contributed by atoms with E-state index in [9.17, 15) is 9.59 Å². The molecule has 0 atom stereocenters. The third kappa shape index (κ3) is 3.33. The second-order valence-corrected chi connectivity index (χ2v) is 6.82. The number of para-hydroxylation sites is 1. The van der Waals surface area contributed by atoms with Gasteiger partial charge in [-0.2, -0.15) is 0 Å². The van der Waals surface area contributed by atoms with Gasteiger partial charge in [-0.25, -0.2) is 4.98 Å². The zero-order chi connectivity index (χ0) is 20.5. The molecule has 0 aliphatic carbocycles. The normalized spacial score (nSPS) is 12.6. The van der Waals surface area contributed by atoms with Gasteiger partial charge in [0.15, 0.2) is 6.61 Å². The minimum absolute atomic E-state index is 0.0150. The van der Waals surface area contributed by atoms with Crippen molar-refractivity contribution >= 4 is 34.1 Å². The van der Waals surface area contributed by atoms with E-state index in [1.165, 1.54) is 0 Å². The lowest BCUT2D eigenvalue weighted by Gasteiger charge is -2.18. The third-order valence-electron chi connectivity index (χ3n) is 4.79. The van der Waals surface area contributed by atoms with Crippen LogP contribution in [-0.2, 0) is 4.79 Å². The molecule has 0 spiro atoms. The van der Waals surface area contributed by atoms with Gasteiger partial charge < -0.3 is 15.4 Å². The summed E-state index contributed by atoms with van der Waals surface area (Å²) in [5, 5.41) is 6.39. The van der Waals surface area contributed by atoms with Crippen LogP contribution >= 0.6 is 0 Å². The molecule has 7 nitrogen and oxygen atoms in total. The number of amides is 2. The molecule has 0 saturated heterocycles. The van der Waals surface area contributed by atoms with Crippen LogP contribution < -0.4 is 15.4 Å². The molecular weight excluding hydrogens is 380 g/mol. The first-order valence-corrected chi connectivity index (χ1v) is 9.35. The number of hydrogen-bond donors (Lipinski definition) is 2. The predicted octanol–water partition coefficient (Wildman–Crippen LogP) is 3.88. The first kappa shape index (κ1) is 17.8. The Hall–Kier alpha value is -4.26. The first-order valence-electron chi connectivity index (χ1n) is 9.35. The Labute approximate surface area is 171 Å². The molecule has 4 aromatic rings. The second kappa shape index (κ2) is 7.29. The van der Waals surface area contributed by atoms with E-state index in [0.29, 0.717) is 28.4 Å². The molecule has 5 rings (SSSR count). The fourth-order valence-corrected chi connectivity index (χ4v) is 3.38. The van der Waals surface area contributed by atoms with E-state index in [0.717, 1.165) is 16.5 Å². The topological polar surface area (TPSA) is 93.2 Å². The van der Waals surface area contributed by atoms with Crippen LogP contribution in [0.5, 0.6) is 5.75 Å². The summed E-state index contributed by atoms with van der Waals surface area (Å²) < 4.78 is 5.36. The fraction of sp³-hybridized carbons (Fsp3) is 0.0435. The monoisotopic (exact) mass is 396 g/mol. The minimum atomic E-state index is -0.276. The number of fused-ring (bicyclic) bond motifs is 2. The summed E-state index contributed by atoms with van der Waals surface area (Å²) in [6.45, 7) is -0.0150. The Morgan fingerprint density at radius 3 is 2.83 bits per heavy atom. The minimum Gasteiger partial charge on any atom is -0.482 e. The van der Waals surface area contributed by atoms with Crippen LogP contribution in [0.1, 0.15) is 10.4 Å². The highest BCUT2D eigenvalue weighted by Crippen LogP contribution is 2.31. The van der Waals surface area contributed by atoms with Crippen molar-refractivity contribution in [2.24, 2.45) is 0 Å². The maximum atomic E-state index is 13.2. The number of anilines is 2. The molecule has 0 bridgehead atoms. The molecule has 2 aromatic heterocycles. The lowest BCUT2D eigenvalue weighted by molar-refractivity contribution is -0.118. The number of carbonyl (C=O) groups is 2. The summed E-state index contributed by atoms with van der Waals surface area (Å²) in [4.78, 5) is 33.6. The van der Waals surface area contributed by atoms with Gasteiger partial charge in [0.2, 0.25) is 0 Å². The van der Waals surface area contributed by atoms with Gasteiger partial charge in [-0.3, -0.25) is 14.6 Å². The van der Waals surface area contributed by atoms with Crippen molar-refractivity contribution in [3.8, 4) is 17.0 Å². The largest absolute Gasteiger partial charge is 0.482 e. The molecule has 0 unspecified atom stereocenters. The summed E-state index contributed by atoms with van der Waals surface area (Å²) in [5.41, 5.74) is 3.78. The summed E-state index contributed by atoms with van der Waals surface area (Å²) >= 11 is 0. The highest BCUT2D eigenvalue weighted by Gasteiger charge is 2.18. The number of carbonyl (C=O) groups excluding carboxylic acids is 2. The van der Waals surface area contributed by atoms with Crippen molar-refractivity contribution in [3.05, 3.63) is 78.6 Å². The Balaban J connectivity index is 1.53. The van der Waals surface area contributed by atoms with E-state index in [-0.39, 0.29) is 18.4 Å². The zero-order valence-corrected chi connectivity index (χ0v) is 15.8. The SMILES string of the molecule is O=C1COc2ccc(NC(=O)c3cc(-c4cccnc4)nc4ccccc34)cc2N1. The van der Waals surface area contributed by atoms with Gasteiger partial charge in [0, 0.05) is 29.0 Å². The van der Waals surface area contributed by atoms with Crippen molar-refractivity contribution < 1.29 is 14.3 Å². The number of nitrogens with zero attached hydrogens (tertiary/aromatic N) is 2. The van der Waals surface area contributed by atoms with Gasteiger partial charge in [0.25, 0.3) is 11.8 Å². The van der Waals surface area contributed by atoms with Crippen LogP contribution in [0.4, 0.5) is 11.4 Å². The number of nitrogens with one attached hydrogen (secondary N) is 2. The van der Waals surface area contributed by atoms with E-state index >= 15 is 0 Å². The highest BCUT2D eigenvalue weighted by molar-refractivity contribution is 6.13. The molecule has 1 aliphatic heterocycles. The van der Waals surface area contributed by atoms with Crippen LogP contribution in [0.15, 0.2) is 73.1 Å². The van der Waals surface area contributed by atoms with Crippen molar-refractivity contribution in [1.82, 2.24) is 9.97 Å². The molecule has 7 heteroatoms. The van der Waals surface area contributed by atoms with E-state index in [1.807, 2.05) is 36.4 Å². The number of ether oxygens (including phenoxy) is 1. The van der Waals surface area contributed by atoms with Gasteiger partial charge in [0.1, 0.15) is 5.75 Å². The number of benzene rings is 2. The van der Waals surface area contributed by atoms with Gasteiger partial charge >= 0.3 is 0 Å². The van der Waals surface area contributed by atoms with Crippen LogP contribution in [0.3, 0.4) is 0 Å².